The first-order chi connectivity index (χ1) is 11.9. The van der Waals surface area contributed by atoms with Gasteiger partial charge in [-0.3, -0.25) is 0 Å². The van der Waals surface area contributed by atoms with Gasteiger partial charge >= 0.3 is 6.18 Å². The van der Waals surface area contributed by atoms with Gasteiger partial charge in [-0.25, -0.2) is 0 Å². The van der Waals surface area contributed by atoms with Gasteiger partial charge < -0.3 is 14.7 Å². The van der Waals surface area contributed by atoms with Crippen molar-refractivity contribution in [2.75, 3.05) is 6.61 Å². The SMILES string of the molecule is ON1[C@@H]2CC[C@H]1C[C@@H](Oc1ccc(C(F)(F)F)cc1OCC1CC1)C2. The summed E-state index contributed by atoms with van der Waals surface area (Å²) in [6.45, 7) is 0.429. The van der Waals surface area contributed by atoms with Gasteiger partial charge in [0.15, 0.2) is 11.5 Å². The number of halogens is 3. The Kier molecular flexibility index (Phi) is 4.32. The van der Waals surface area contributed by atoms with Crippen molar-refractivity contribution in [3.63, 3.8) is 0 Å². The highest BCUT2D eigenvalue weighted by atomic mass is 19.4. The molecule has 4 rings (SSSR count). The van der Waals surface area contributed by atoms with Crippen molar-refractivity contribution in [3.8, 4) is 11.5 Å². The van der Waals surface area contributed by atoms with Crippen LogP contribution in [0.25, 0.3) is 0 Å². The number of hydroxylamine groups is 2. The first kappa shape index (κ1) is 17.0. The molecule has 1 aromatic carbocycles. The summed E-state index contributed by atoms with van der Waals surface area (Å²) >= 11 is 0. The van der Waals surface area contributed by atoms with Crippen molar-refractivity contribution in [3.05, 3.63) is 23.8 Å². The fraction of sp³-hybridized carbons (Fsp3) is 0.667. The Morgan fingerprint density at radius 2 is 1.72 bits per heavy atom. The zero-order valence-electron chi connectivity index (χ0n) is 13.8. The molecule has 3 fully saturated rings. The highest BCUT2D eigenvalue weighted by Crippen LogP contribution is 2.41. The van der Waals surface area contributed by atoms with Crippen LogP contribution >= 0.6 is 0 Å². The predicted molar refractivity (Wildman–Crippen MR) is 83.7 cm³/mol. The molecule has 2 aliphatic heterocycles. The normalized spacial score (nSPS) is 29.7. The molecular formula is C18H22F3NO3. The molecule has 3 aliphatic rings. The molecule has 0 amide bonds. The minimum absolute atomic E-state index is 0.0778. The van der Waals surface area contributed by atoms with Crippen molar-refractivity contribution in [1.82, 2.24) is 5.06 Å². The molecule has 3 atom stereocenters. The van der Waals surface area contributed by atoms with E-state index in [0.717, 1.165) is 37.8 Å². The van der Waals surface area contributed by atoms with E-state index < -0.39 is 11.7 Å². The number of hydrogen-bond acceptors (Lipinski definition) is 4. The fourth-order valence-corrected chi connectivity index (χ4v) is 3.76. The second-order valence-electron chi connectivity index (χ2n) is 7.39. The van der Waals surface area contributed by atoms with Crippen molar-refractivity contribution in [2.45, 2.75) is 62.9 Å². The molecule has 0 radical (unpaired) electrons. The first-order valence-electron chi connectivity index (χ1n) is 8.88. The third kappa shape index (κ3) is 3.72. The lowest BCUT2D eigenvalue weighted by Crippen LogP contribution is -2.44. The van der Waals surface area contributed by atoms with Crippen molar-refractivity contribution in [2.24, 2.45) is 5.92 Å². The van der Waals surface area contributed by atoms with E-state index in [9.17, 15) is 18.4 Å². The lowest BCUT2D eigenvalue weighted by molar-refractivity contribution is -0.164. The van der Waals surface area contributed by atoms with E-state index in [1.807, 2.05) is 0 Å². The minimum Gasteiger partial charge on any atom is -0.489 e. The van der Waals surface area contributed by atoms with E-state index in [1.165, 1.54) is 11.1 Å². The van der Waals surface area contributed by atoms with Crippen LogP contribution in [0, 0.1) is 5.92 Å². The van der Waals surface area contributed by atoms with Crippen LogP contribution in [-0.4, -0.2) is 35.1 Å². The van der Waals surface area contributed by atoms with Crippen molar-refractivity contribution < 1.29 is 27.9 Å². The Morgan fingerprint density at radius 1 is 1.04 bits per heavy atom. The van der Waals surface area contributed by atoms with Crippen LogP contribution in [-0.2, 0) is 6.18 Å². The zero-order chi connectivity index (χ0) is 17.6. The summed E-state index contributed by atoms with van der Waals surface area (Å²) < 4.78 is 50.6. The standard InChI is InChI=1S/C18H22F3NO3/c19-18(20,21)12-3-6-16(17(7-12)24-10-11-1-2-11)25-15-8-13-4-5-14(9-15)22(13)23/h3,6-7,11,13-15,23H,1-2,4-5,8-10H2/t13-,14+,15+. The van der Waals surface area contributed by atoms with Gasteiger partial charge in [0.1, 0.15) is 6.10 Å². The third-order valence-corrected chi connectivity index (χ3v) is 5.39. The average molecular weight is 357 g/mol. The molecule has 7 heteroatoms. The van der Waals surface area contributed by atoms with E-state index in [4.69, 9.17) is 9.47 Å². The molecule has 138 valence electrons. The summed E-state index contributed by atoms with van der Waals surface area (Å²) in [5, 5.41) is 11.4. The van der Waals surface area contributed by atoms with Gasteiger partial charge in [0.05, 0.1) is 12.2 Å². The van der Waals surface area contributed by atoms with Crippen molar-refractivity contribution in [1.29, 1.82) is 0 Å². The molecule has 1 saturated carbocycles. The van der Waals surface area contributed by atoms with Gasteiger partial charge in [-0.2, -0.15) is 18.2 Å². The van der Waals surface area contributed by atoms with Crippen LogP contribution in [0.3, 0.4) is 0 Å². The smallest absolute Gasteiger partial charge is 0.416 e. The quantitative estimate of drug-likeness (QED) is 0.855. The van der Waals surface area contributed by atoms with Crippen LogP contribution in [0.1, 0.15) is 44.1 Å². The Hall–Kier alpha value is -1.47. The van der Waals surface area contributed by atoms with Gasteiger partial charge in [0, 0.05) is 24.9 Å². The van der Waals surface area contributed by atoms with E-state index in [0.29, 0.717) is 31.1 Å². The number of rotatable bonds is 5. The lowest BCUT2D eigenvalue weighted by atomic mass is 10.0. The summed E-state index contributed by atoms with van der Waals surface area (Å²) in [6, 6.07) is 3.59. The zero-order valence-corrected chi connectivity index (χ0v) is 13.8. The Labute approximate surface area is 144 Å². The lowest BCUT2D eigenvalue weighted by Gasteiger charge is -2.34. The van der Waals surface area contributed by atoms with Crippen LogP contribution in [0.15, 0.2) is 18.2 Å². The monoisotopic (exact) mass is 357 g/mol. The second kappa shape index (κ2) is 6.36. The number of benzene rings is 1. The summed E-state index contributed by atoms with van der Waals surface area (Å²) in [6.07, 6.45) is 0.823. The molecule has 25 heavy (non-hydrogen) atoms. The number of fused-ring (bicyclic) bond motifs is 2. The van der Waals surface area contributed by atoms with Gasteiger partial charge in [0.2, 0.25) is 0 Å². The van der Waals surface area contributed by atoms with Crippen molar-refractivity contribution >= 4 is 0 Å². The topological polar surface area (TPSA) is 41.9 Å². The van der Waals surface area contributed by atoms with Gasteiger partial charge in [-0.05, 0) is 49.8 Å². The van der Waals surface area contributed by atoms with E-state index >= 15 is 0 Å². The van der Waals surface area contributed by atoms with Gasteiger partial charge in [-0.15, -0.1) is 0 Å². The maximum atomic E-state index is 13.0. The molecule has 0 spiro atoms. The maximum absolute atomic E-state index is 13.0. The number of ether oxygens (including phenoxy) is 2. The fourth-order valence-electron chi connectivity index (χ4n) is 3.76. The van der Waals surface area contributed by atoms with Crippen LogP contribution in [0.4, 0.5) is 13.2 Å². The highest BCUT2D eigenvalue weighted by molar-refractivity contribution is 5.44. The van der Waals surface area contributed by atoms with E-state index in [-0.39, 0.29) is 23.9 Å². The molecule has 1 N–H and O–H groups in total. The van der Waals surface area contributed by atoms with E-state index in [2.05, 4.69) is 0 Å². The molecule has 0 unspecified atom stereocenters. The first-order valence-corrected chi connectivity index (χ1v) is 8.88. The molecule has 4 nitrogen and oxygen atoms in total. The second-order valence-corrected chi connectivity index (χ2v) is 7.39. The number of piperidine rings is 1. The highest BCUT2D eigenvalue weighted by Gasteiger charge is 2.41. The summed E-state index contributed by atoms with van der Waals surface area (Å²) in [5.41, 5.74) is -0.726. The summed E-state index contributed by atoms with van der Waals surface area (Å²) in [4.78, 5) is 0. The van der Waals surface area contributed by atoms with E-state index in [1.54, 1.807) is 0 Å². The molecule has 2 saturated heterocycles. The summed E-state index contributed by atoms with van der Waals surface area (Å²) in [7, 11) is 0. The Morgan fingerprint density at radius 3 is 2.32 bits per heavy atom. The maximum Gasteiger partial charge on any atom is 0.416 e. The van der Waals surface area contributed by atoms with Crippen LogP contribution < -0.4 is 9.47 Å². The number of alkyl halides is 3. The van der Waals surface area contributed by atoms with Gasteiger partial charge in [-0.1, -0.05) is 0 Å². The van der Waals surface area contributed by atoms with Gasteiger partial charge in [0.25, 0.3) is 0 Å². The average Bonchev–Trinajstić information content (AvgIpc) is 3.35. The van der Waals surface area contributed by atoms with Crippen LogP contribution in [0.2, 0.25) is 0 Å². The van der Waals surface area contributed by atoms with Crippen LogP contribution in [0.5, 0.6) is 11.5 Å². The number of nitrogens with zero attached hydrogens (tertiary/aromatic N) is 1. The largest absolute Gasteiger partial charge is 0.489 e. The third-order valence-electron chi connectivity index (χ3n) is 5.39. The predicted octanol–water partition coefficient (Wildman–Crippen LogP) is 4.26. The molecule has 1 aromatic rings. The Bertz CT molecular complexity index is 618. The summed E-state index contributed by atoms with van der Waals surface area (Å²) in [5.74, 6) is 0.973. The Balaban J connectivity index is 1.51. The minimum atomic E-state index is -4.41. The molecule has 1 aliphatic carbocycles. The molecular weight excluding hydrogens is 335 g/mol. The number of hydrogen-bond donors (Lipinski definition) is 1. The molecule has 2 bridgehead atoms. The molecule has 0 aromatic heterocycles. The molecule has 2 heterocycles.